The van der Waals surface area contributed by atoms with Gasteiger partial charge in [0.25, 0.3) is 0 Å². The Morgan fingerprint density at radius 2 is 1.14 bits per heavy atom. The maximum atomic E-state index is 15.9. The fourth-order valence-corrected chi connectivity index (χ4v) is 6.98. The summed E-state index contributed by atoms with van der Waals surface area (Å²) in [7, 11) is 1.36. The van der Waals surface area contributed by atoms with Crippen molar-refractivity contribution in [1.82, 2.24) is 19.9 Å². The fourth-order valence-electron chi connectivity index (χ4n) is 6.53. The first-order chi connectivity index (χ1) is 33.2. The normalized spacial score (nSPS) is 11.6. The quantitative estimate of drug-likeness (QED) is 0.0820. The number of anilines is 4. The van der Waals surface area contributed by atoms with Gasteiger partial charge in [0.05, 0.1) is 73.6 Å². The van der Waals surface area contributed by atoms with Gasteiger partial charge in [-0.05, 0) is 72.8 Å². The van der Waals surface area contributed by atoms with Crippen molar-refractivity contribution in [3.05, 3.63) is 160 Å². The van der Waals surface area contributed by atoms with E-state index in [4.69, 9.17) is 37.4 Å². The number of urea groups is 2. The van der Waals surface area contributed by atoms with Crippen LogP contribution in [0.15, 0.2) is 116 Å². The lowest BCUT2D eigenvalue weighted by molar-refractivity contribution is -0.138. The van der Waals surface area contributed by atoms with E-state index in [9.17, 15) is 35.9 Å². The predicted octanol–water partition coefficient (Wildman–Crippen LogP) is 13.8. The number of halogens is 12. The van der Waals surface area contributed by atoms with Crippen molar-refractivity contribution in [3.8, 4) is 28.9 Å². The van der Waals surface area contributed by atoms with Crippen molar-refractivity contribution in [3.63, 3.8) is 0 Å². The lowest BCUT2D eigenvalue weighted by atomic mass is 10.1. The van der Waals surface area contributed by atoms with E-state index in [0.29, 0.717) is 40.8 Å². The summed E-state index contributed by atoms with van der Waals surface area (Å²) in [6, 6.07) is 10.5. The first-order valence-electron chi connectivity index (χ1n) is 19.5. The number of nitrogens with zero attached hydrogens (tertiary/aromatic N) is 6. The molecule has 2 aromatic heterocycles. The van der Waals surface area contributed by atoms with Gasteiger partial charge in [0, 0.05) is 42.3 Å². The van der Waals surface area contributed by atoms with Crippen LogP contribution in [0.1, 0.15) is 11.1 Å². The number of nitrogens with one attached hydrogen (secondary N) is 2. The van der Waals surface area contributed by atoms with E-state index in [1.165, 1.54) is 62.1 Å². The number of amides is 4. The highest BCUT2D eigenvalue weighted by atomic mass is 35.5. The van der Waals surface area contributed by atoms with Crippen LogP contribution < -0.4 is 34.9 Å². The van der Waals surface area contributed by atoms with E-state index in [2.05, 4.69) is 25.3 Å². The van der Waals surface area contributed by atoms with E-state index < -0.39 is 103 Å². The Balaban J connectivity index is 1.19. The van der Waals surface area contributed by atoms with Crippen LogP contribution in [0.5, 0.6) is 28.9 Å². The van der Waals surface area contributed by atoms with Gasteiger partial charge in [0.2, 0.25) is 17.4 Å². The number of rotatable bonds is 9. The van der Waals surface area contributed by atoms with Gasteiger partial charge in [-0.3, -0.25) is 9.97 Å². The summed E-state index contributed by atoms with van der Waals surface area (Å²) in [6.07, 6.45) is -6.51. The Morgan fingerprint density at radius 1 is 0.586 bits per heavy atom. The number of alkyl halides is 6. The third kappa shape index (κ3) is 10.1. The molecule has 0 radical (unpaired) electrons. The Kier molecular flexibility index (Phi) is 13.2. The zero-order valence-electron chi connectivity index (χ0n) is 34.7. The molecule has 4 amide bonds. The summed E-state index contributed by atoms with van der Waals surface area (Å²) in [6.45, 7) is 0. The van der Waals surface area contributed by atoms with Crippen LogP contribution in [0.2, 0.25) is 10.0 Å². The minimum atomic E-state index is -5.29. The van der Waals surface area contributed by atoms with Crippen LogP contribution in [0.25, 0.3) is 22.1 Å². The van der Waals surface area contributed by atoms with E-state index in [1.807, 2.05) is 0 Å². The Labute approximate surface area is 395 Å². The smallest absolute Gasteiger partial charge is 0.417 e. The molecule has 0 unspecified atom stereocenters. The second-order valence-corrected chi connectivity index (χ2v) is 15.1. The number of hydrazine groups is 1. The van der Waals surface area contributed by atoms with Gasteiger partial charge in [0.15, 0.2) is 23.2 Å². The van der Waals surface area contributed by atoms with E-state index in [-0.39, 0.29) is 51.1 Å². The number of benzene rings is 6. The van der Waals surface area contributed by atoms with Crippen LogP contribution >= 0.6 is 23.2 Å². The summed E-state index contributed by atoms with van der Waals surface area (Å²) in [5.41, 5.74) is -5.82. The minimum absolute atomic E-state index is 0.0156. The first-order valence-corrected chi connectivity index (χ1v) is 20.2. The number of carbonyl (C=O) groups excluding carboxylic acids is 2. The highest BCUT2D eigenvalue weighted by Crippen LogP contribution is 2.42. The molecular formula is C45H24Cl2F10N8O5. The first kappa shape index (κ1) is 48.3. The molecule has 0 saturated heterocycles. The molecule has 0 aliphatic carbocycles. The average Bonchev–Trinajstić information content (AvgIpc) is 3.31. The van der Waals surface area contributed by atoms with Gasteiger partial charge >= 0.3 is 24.4 Å². The fraction of sp³-hybridized carbons (Fsp3) is 0.0667. The van der Waals surface area contributed by atoms with Crippen LogP contribution in [-0.2, 0) is 12.4 Å². The highest BCUT2D eigenvalue weighted by Gasteiger charge is 2.39. The number of hydrogen-bond acceptors (Lipinski definition) is 9. The van der Waals surface area contributed by atoms with E-state index in [1.54, 1.807) is 5.32 Å². The van der Waals surface area contributed by atoms with E-state index in [0.717, 1.165) is 18.2 Å². The van der Waals surface area contributed by atoms with Gasteiger partial charge in [-0.1, -0.05) is 23.2 Å². The molecule has 6 aromatic carbocycles. The van der Waals surface area contributed by atoms with Gasteiger partial charge in [-0.2, -0.15) is 40.8 Å². The summed E-state index contributed by atoms with van der Waals surface area (Å²) in [5.74, 6) is -8.68. The number of hydrogen-bond donors (Lipinski definition) is 2. The molecule has 2 N–H and O–H groups in total. The van der Waals surface area contributed by atoms with Crippen LogP contribution in [-0.4, -0.2) is 39.1 Å². The van der Waals surface area contributed by atoms with Gasteiger partial charge < -0.3 is 24.8 Å². The van der Waals surface area contributed by atoms with Gasteiger partial charge in [-0.25, -0.2) is 32.7 Å². The molecule has 8 rings (SSSR count). The standard InChI is InChI=1S/C45H24Cl2F10N8O5/c1-68-38-20-60-33-10-5-24(18-35(33)62-38)69-37-11-2-21(14-30(37)48)61-42(66)64(22-3-7-28(46)26(15-22)44(52,53)54)65(23-4-8-29(47)27(16-23)45(55,56)57)43(67)63-36-19-31(49)41(40(51)39(36)50)70-25-6-9-32-34(17-25)59-13-12-58-32/h2-20H,1H3,(H,61,66)(H,63,67). The molecule has 0 aliphatic rings. The Hall–Kier alpha value is -8.18. The molecule has 13 nitrogen and oxygen atoms in total. The third-order valence-corrected chi connectivity index (χ3v) is 10.4. The number of aromatic nitrogens is 4. The molecule has 0 atom stereocenters. The van der Waals surface area contributed by atoms with Crippen LogP contribution in [0.3, 0.4) is 0 Å². The van der Waals surface area contributed by atoms with E-state index >= 15 is 17.6 Å². The summed E-state index contributed by atoms with van der Waals surface area (Å²) in [4.78, 5) is 45.4. The van der Waals surface area contributed by atoms with Crippen LogP contribution in [0, 0.1) is 23.3 Å². The minimum Gasteiger partial charge on any atom is -0.480 e. The van der Waals surface area contributed by atoms with Gasteiger partial charge in [-0.15, -0.1) is 0 Å². The van der Waals surface area contributed by atoms with Crippen molar-refractivity contribution < 1.29 is 67.7 Å². The van der Waals surface area contributed by atoms with Crippen molar-refractivity contribution >= 4 is 80.1 Å². The monoisotopic (exact) mass is 1020 g/mol. The Bertz CT molecular complexity index is 3370. The molecule has 0 saturated carbocycles. The molecule has 0 aliphatic heterocycles. The SMILES string of the molecule is COc1cnc2ccc(Oc3ccc(NC(=O)N(c4ccc(Cl)c(C(F)(F)F)c4)N(C(=O)Nc4cc(F)c(Oc5ccc6nccnc6c5)c(F)c4F)c4ccc(Cl)c(C(F)(F)F)c4)cc3F)cc2n1. The lowest BCUT2D eigenvalue weighted by Gasteiger charge is -2.35. The van der Waals surface area contributed by atoms with Crippen molar-refractivity contribution in [1.29, 1.82) is 0 Å². The highest BCUT2D eigenvalue weighted by molar-refractivity contribution is 6.32. The molecule has 0 bridgehead atoms. The number of fused-ring (bicyclic) bond motifs is 2. The number of methoxy groups -OCH3 is 1. The van der Waals surface area contributed by atoms with Crippen LogP contribution in [0.4, 0.5) is 76.2 Å². The maximum Gasteiger partial charge on any atom is 0.417 e. The molecule has 2 heterocycles. The molecule has 8 aromatic rings. The summed E-state index contributed by atoms with van der Waals surface area (Å²) >= 11 is 11.7. The van der Waals surface area contributed by atoms with Gasteiger partial charge in [0.1, 0.15) is 11.5 Å². The zero-order valence-corrected chi connectivity index (χ0v) is 36.2. The van der Waals surface area contributed by atoms with Crippen molar-refractivity contribution in [2.75, 3.05) is 27.8 Å². The maximum absolute atomic E-state index is 15.9. The summed E-state index contributed by atoms with van der Waals surface area (Å²) < 4.78 is 165. The number of carbonyl (C=O) groups is 2. The number of ether oxygens (including phenoxy) is 3. The molecular weight excluding hydrogens is 993 g/mol. The second kappa shape index (κ2) is 19.1. The third-order valence-electron chi connectivity index (χ3n) is 9.72. The van der Waals surface area contributed by atoms with Crippen molar-refractivity contribution in [2.45, 2.75) is 12.4 Å². The largest absolute Gasteiger partial charge is 0.480 e. The molecule has 70 heavy (non-hydrogen) atoms. The second-order valence-electron chi connectivity index (χ2n) is 14.3. The summed E-state index contributed by atoms with van der Waals surface area (Å²) in [5, 5.41) is 1.94. The molecule has 0 fully saturated rings. The topological polar surface area (TPSA) is 144 Å². The predicted molar refractivity (Wildman–Crippen MR) is 234 cm³/mol. The van der Waals surface area contributed by atoms with Crippen molar-refractivity contribution in [2.24, 2.45) is 0 Å². The molecule has 358 valence electrons. The molecule has 25 heteroatoms. The average molecular weight is 1020 g/mol. The lowest BCUT2D eigenvalue weighted by Crippen LogP contribution is -2.54. The zero-order chi connectivity index (χ0) is 50.2. The Morgan fingerprint density at radius 3 is 1.73 bits per heavy atom. The molecule has 0 spiro atoms.